The summed E-state index contributed by atoms with van der Waals surface area (Å²) in [6.07, 6.45) is 1.87. The molecule has 1 aromatic rings. The maximum Gasteiger partial charge on any atom is 0.535 e. The third-order valence-corrected chi connectivity index (χ3v) is 4.02. The second-order valence-corrected chi connectivity index (χ2v) is 6.29. The number of aryl methyl sites for hydroxylation is 1. The quantitative estimate of drug-likeness (QED) is 0.101. The van der Waals surface area contributed by atoms with Crippen LogP contribution in [0.5, 0.6) is 0 Å². The molecule has 0 atom stereocenters. The first-order chi connectivity index (χ1) is 13.4. The number of benzene rings is 1. The molecule has 28 heavy (non-hydrogen) atoms. The van der Waals surface area contributed by atoms with E-state index in [4.69, 9.17) is 0 Å². The van der Waals surface area contributed by atoms with Gasteiger partial charge in [-0.05, 0) is 26.7 Å². The molecule has 0 aliphatic heterocycles. The van der Waals surface area contributed by atoms with Gasteiger partial charge in [-0.15, -0.1) is 0 Å². The maximum atomic E-state index is 12.7. The molecule has 0 bridgehead atoms. The highest BCUT2D eigenvalue weighted by molar-refractivity contribution is 6.69. The van der Waals surface area contributed by atoms with Crippen molar-refractivity contribution in [3.05, 3.63) is 35.4 Å². The minimum atomic E-state index is -1.08. The van der Waals surface area contributed by atoms with Crippen LogP contribution in [0.15, 0.2) is 29.4 Å². The molecule has 0 fully saturated rings. The summed E-state index contributed by atoms with van der Waals surface area (Å²) in [5.74, 6) is -0.946. The van der Waals surface area contributed by atoms with Crippen LogP contribution in [0.3, 0.4) is 0 Å². The lowest BCUT2D eigenvalue weighted by Gasteiger charge is -2.06. The summed E-state index contributed by atoms with van der Waals surface area (Å²) < 4.78 is 4.60. The van der Waals surface area contributed by atoms with E-state index >= 15 is 0 Å². The Morgan fingerprint density at radius 2 is 1.57 bits per heavy atom. The van der Waals surface area contributed by atoms with Gasteiger partial charge in [-0.3, -0.25) is 19.2 Å². The molecule has 7 nitrogen and oxygen atoms in total. The van der Waals surface area contributed by atoms with Crippen molar-refractivity contribution in [2.75, 3.05) is 6.61 Å². The van der Waals surface area contributed by atoms with E-state index in [9.17, 15) is 19.2 Å². The zero-order valence-corrected chi connectivity index (χ0v) is 16.7. The van der Waals surface area contributed by atoms with Crippen LogP contribution in [-0.4, -0.2) is 35.8 Å². The number of oxime groups is 1. The predicted molar refractivity (Wildman–Crippen MR) is 104 cm³/mol. The fraction of sp³-hybridized carbons (Fsp3) is 0.476. The van der Waals surface area contributed by atoms with Crippen molar-refractivity contribution in [2.45, 2.75) is 59.3 Å². The van der Waals surface area contributed by atoms with Crippen LogP contribution in [0.2, 0.25) is 0 Å². The van der Waals surface area contributed by atoms with Crippen LogP contribution >= 0.6 is 0 Å². The Labute approximate surface area is 165 Å². The number of unbranched alkanes of at least 4 members (excludes halogenated alkanes) is 2. The summed E-state index contributed by atoms with van der Waals surface area (Å²) in [5.41, 5.74) is 0.797. The van der Waals surface area contributed by atoms with E-state index in [-0.39, 0.29) is 24.4 Å². The van der Waals surface area contributed by atoms with Crippen LogP contribution < -0.4 is 0 Å². The zero-order chi connectivity index (χ0) is 20.9. The summed E-state index contributed by atoms with van der Waals surface area (Å²) in [6, 6.07) is 6.65. The summed E-state index contributed by atoms with van der Waals surface area (Å²) >= 11 is 0. The van der Waals surface area contributed by atoms with Gasteiger partial charge in [-0.2, -0.15) is 0 Å². The lowest BCUT2D eigenvalue weighted by Crippen LogP contribution is -2.25. The molecule has 0 aliphatic carbocycles. The van der Waals surface area contributed by atoms with Crippen molar-refractivity contribution in [2.24, 2.45) is 5.16 Å². The lowest BCUT2D eigenvalue weighted by atomic mass is 9.99. The molecule has 152 valence electrons. The van der Waals surface area contributed by atoms with E-state index in [1.807, 2.05) is 13.8 Å². The molecule has 0 aromatic heterocycles. The average Bonchev–Trinajstić information content (AvgIpc) is 2.68. The Morgan fingerprint density at radius 3 is 2.18 bits per heavy atom. The molecular formula is C21H27NO6. The van der Waals surface area contributed by atoms with Gasteiger partial charge in [0, 0.05) is 24.8 Å². The minimum Gasteiger partial charge on any atom is -0.433 e. The molecule has 1 rings (SSSR count). The Kier molecular flexibility index (Phi) is 10.4. The second-order valence-electron chi connectivity index (χ2n) is 6.29. The molecule has 7 heteroatoms. The van der Waals surface area contributed by atoms with Gasteiger partial charge in [0.1, 0.15) is 5.78 Å². The topological polar surface area (TPSA) is 99.1 Å². The maximum absolute atomic E-state index is 12.7. The van der Waals surface area contributed by atoms with E-state index in [1.165, 1.54) is 0 Å². The van der Waals surface area contributed by atoms with E-state index < -0.39 is 23.4 Å². The highest BCUT2D eigenvalue weighted by Crippen LogP contribution is 2.10. The largest absolute Gasteiger partial charge is 0.535 e. The molecule has 0 saturated heterocycles. The summed E-state index contributed by atoms with van der Waals surface area (Å²) in [7, 11) is 0. The Bertz CT molecular complexity index is 721. The molecule has 0 spiro atoms. The first-order valence-electron chi connectivity index (χ1n) is 9.47. The normalized spacial score (nSPS) is 11.0. The number of carbonyl (C=O) groups is 4. The lowest BCUT2D eigenvalue weighted by molar-refractivity contribution is -0.118. The highest BCUT2D eigenvalue weighted by Gasteiger charge is 2.23. The fourth-order valence-corrected chi connectivity index (χ4v) is 2.37. The third kappa shape index (κ3) is 8.24. The Hall–Kier alpha value is -2.83. The van der Waals surface area contributed by atoms with Crippen molar-refractivity contribution in [1.82, 2.24) is 0 Å². The standard InChI is InChI=1S/C21H27NO6/c1-4-17(23)9-7-6-8-10-18(24)19(22-28-21(26)27-5-2)20(25)16-13-11-15(3)12-14-16/h11-14H,4-10H2,1-3H3/b22-19+. The number of hydrogen-bond donors (Lipinski definition) is 0. The highest BCUT2D eigenvalue weighted by atomic mass is 16.8. The van der Waals surface area contributed by atoms with Crippen LogP contribution in [0.25, 0.3) is 0 Å². The zero-order valence-electron chi connectivity index (χ0n) is 16.7. The number of ether oxygens (including phenoxy) is 1. The molecule has 0 amide bonds. The summed E-state index contributed by atoms with van der Waals surface area (Å²) in [5, 5.41) is 3.47. The Balaban J connectivity index is 2.79. The van der Waals surface area contributed by atoms with E-state index in [0.717, 1.165) is 5.56 Å². The fourth-order valence-electron chi connectivity index (χ4n) is 2.37. The SMILES string of the molecule is CCOC(=O)O/N=C(\C(=O)CCCCCC(=O)CC)C(=O)c1ccc(C)cc1. The van der Waals surface area contributed by atoms with Crippen LogP contribution in [0.4, 0.5) is 4.79 Å². The average molecular weight is 389 g/mol. The van der Waals surface area contributed by atoms with Crippen molar-refractivity contribution >= 4 is 29.2 Å². The minimum absolute atomic E-state index is 0.0724. The first-order valence-corrected chi connectivity index (χ1v) is 9.47. The van der Waals surface area contributed by atoms with Crippen molar-refractivity contribution in [1.29, 1.82) is 0 Å². The molecule has 0 N–H and O–H groups in total. The van der Waals surface area contributed by atoms with Crippen molar-refractivity contribution in [3.63, 3.8) is 0 Å². The van der Waals surface area contributed by atoms with Gasteiger partial charge < -0.3 is 4.74 Å². The molecule has 0 unspecified atom stereocenters. The monoisotopic (exact) mass is 389 g/mol. The number of rotatable bonds is 12. The predicted octanol–water partition coefficient (Wildman–Crippen LogP) is 4.21. The molecule has 0 saturated carbocycles. The number of Topliss-reactive ketones (excluding diaryl/α,β-unsaturated/α-hetero) is 3. The first kappa shape index (κ1) is 23.2. The van der Waals surface area contributed by atoms with Gasteiger partial charge in [0.05, 0.1) is 6.61 Å². The molecule has 1 aromatic carbocycles. The number of ketones is 3. The van der Waals surface area contributed by atoms with Gasteiger partial charge >= 0.3 is 6.16 Å². The summed E-state index contributed by atoms with van der Waals surface area (Å²) in [6.45, 7) is 5.37. The van der Waals surface area contributed by atoms with Gasteiger partial charge in [-0.25, -0.2) is 4.79 Å². The van der Waals surface area contributed by atoms with Crippen LogP contribution in [-0.2, 0) is 19.2 Å². The smallest absolute Gasteiger partial charge is 0.433 e. The van der Waals surface area contributed by atoms with Crippen LogP contribution in [0.1, 0.15) is 68.3 Å². The van der Waals surface area contributed by atoms with Gasteiger partial charge in [0.2, 0.25) is 5.78 Å². The number of hydrogen-bond acceptors (Lipinski definition) is 7. The van der Waals surface area contributed by atoms with Crippen molar-refractivity contribution in [3.8, 4) is 0 Å². The molecular weight excluding hydrogens is 362 g/mol. The van der Waals surface area contributed by atoms with Gasteiger partial charge in [-0.1, -0.05) is 48.3 Å². The number of nitrogens with zero attached hydrogens (tertiary/aromatic N) is 1. The molecule has 0 aliphatic rings. The second kappa shape index (κ2) is 12.5. The third-order valence-electron chi connectivity index (χ3n) is 4.02. The number of carbonyl (C=O) groups excluding carboxylic acids is 4. The van der Waals surface area contributed by atoms with E-state index in [2.05, 4.69) is 14.7 Å². The van der Waals surface area contributed by atoms with Crippen LogP contribution in [0, 0.1) is 6.92 Å². The molecule has 0 radical (unpaired) electrons. The van der Waals surface area contributed by atoms with E-state index in [1.54, 1.807) is 31.2 Å². The van der Waals surface area contributed by atoms with Crippen molar-refractivity contribution < 1.29 is 28.8 Å². The van der Waals surface area contributed by atoms with Gasteiger partial charge in [0.25, 0.3) is 0 Å². The Morgan fingerprint density at radius 1 is 0.929 bits per heavy atom. The van der Waals surface area contributed by atoms with E-state index in [0.29, 0.717) is 32.1 Å². The van der Waals surface area contributed by atoms with Gasteiger partial charge in [0.15, 0.2) is 11.5 Å². The molecule has 0 heterocycles. The summed E-state index contributed by atoms with van der Waals surface area (Å²) in [4.78, 5) is 52.4.